The third-order valence-electron chi connectivity index (χ3n) is 4.15. The number of benzene rings is 2. The molecule has 30 heavy (non-hydrogen) atoms. The molecule has 0 aliphatic heterocycles. The average Bonchev–Trinajstić information content (AvgIpc) is 3.15. The predicted octanol–water partition coefficient (Wildman–Crippen LogP) is 5.01. The Morgan fingerprint density at radius 3 is 2.57 bits per heavy atom. The lowest BCUT2D eigenvalue weighted by molar-refractivity contribution is -0.115. The zero-order chi connectivity index (χ0) is 21.5. The van der Waals surface area contributed by atoms with Crippen molar-refractivity contribution in [2.24, 2.45) is 0 Å². The first-order valence-electron chi connectivity index (χ1n) is 9.70. The number of methoxy groups -OCH3 is 1. The molecular weight excluding hydrogens is 400 g/mol. The van der Waals surface area contributed by atoms with E-state index in [0.29, 0.717) is 29.5 Å². The molecule has 6 nitrogen and oxygen atoms in total. The summed E-state index contributed by atoms with van der Waals surface area (Å²) in [6.45, 7) is 6.28. The molecule has 0 radical (unpaired) electrons. The van der Waals surface area contributed by atoms with Gasteiger partial charge in [-0.3, -0.25) is 4.79 Å². The van der Waals surface area contributed by atoms with Gasteiger partial charge in [-0.2, -0.15) is 0 Å². The van der Waals surface area contributed by atoms with Crippen molar-refractivity contribution < 1.29 is 19.0 Å². The second-order valence-corrected chi connectivity index (χ2v) is 8.03. The lowest BCUT2D eigenvalue weighted by atomic mass is 10.2. The van der Waals surface area contributed by atoms with Gasteiger partial charge >= 0.3 is 0 Å². The highest BCUT2D eigenvalue weighted by Crippen LogP contribution is 2.30. The number of nitrogens with one attached hydrogen (secondary N) is 1. The summed E-state index contributed by atoms with van der Waals surface area (Å²) in [5.74, 6) is 1.87. The van der Waals surface area contributed by atoms with Crippen molar-refractivity contribution in [2.45, 2.75) is 39.9 Å². The molecule has 0 unspecified atom stereocenters. The van der Waals surface area contributed by atoms with Gasteiger partial charge in [-0.15, -0.1) is 11.3 Å². The van der Waals surface area contributed by atoms with E-state index in [0.717, 1.165) is 10.8 Å². The molecule has 1 N–H and O–H groups in total. The van der Waals surface area contributed by atoms with Crippen LogP contribution in [0.2, 0.25) is 0 Å². The summed E-state index contributed by atoms with van der Waals surface area (Å²) in [6, 6.07) is 13.2. The van der Waals surface area contributed by atoms with Gasteiger partial charge < -0.3 is 19.5 Å². The zero-order valence-electron chi connectivity index (χ0n) is 17.6. The van der Waals surface area contributed by atoms with Gasteiger partial charge in [0.2, 0.25) is 5.91 Å². The molecule has 0 fully saturated rings. The standard InChI is InChI=1S/C23H26N2O4S/c1-15(2)29-21-10-9-19(27-4)12-20(21)25-22(26)11-17-14-30-23(24-17)13-28-18-7-5-16(3)6-8-18/h5-10,12,14-15H,11,13H2,1-4H3,(H,25,26). The number of rotatable bonds is 9. The average molecular weight is 427 g/mol. The van der Waals surface area contributed by atoms with Gasteiger partial charge in [0.15, 0.2) is 0 Å². The van der Waals surface area contributed by atoms with Crippen LogP contribution in [0.3, 0.4) is 0 Å². The van der Waals surface area contributed by atoms with Crippen molar-refractivity contribution in [3.05, 3.63) is 64.1 Å². The number of carbonyl (C=O) groups excluding carboxylic acids is 1. The molecule has 0 atom stereocenters. The summed E-state index contributed by atoms with van der Waals surface area (Å²) in [5, 5.41) is 5.60. The third-order valence-corrected chi connectivity index (χ3v) is 5.02. The summed E-state index contributed by atoms with van der Waals surface area (Å²) in [4.78, 5) is 17.1. The first kappa shape index (κ1) is 21.6. The summed E-state index contributed by atoms with van der Waals surface area (Å²) in [7, 11) is 1.58. The fourth-order valence-electron chi connectivity index (χ4n) is 2.73. The molecule has 1 amide bonds. The molecule has 0 spiro atoms. The number of aryl methyl sites for hydroxylation is 1. The minimum atomic E-state index is -0.173. The van der Waals surface area contributed by atoms with Gasteiger partial charge in [-0.1, -0.05) is 17.7 Å². The van der Waals surface area contributed by atoms with E-state index in [1.54, 1.807) is 25.3 Å². The Kier molecular flexibility index (Phi) is 7.30. The summed E-state index contributed by atoms with van der Waals surface area (Å²) >= 11 is 1.48. The van der Waals surface area contributed by atoms with E-state index < -0.39 is 0 Å². The van der Waals surface area contributed by atoms with Gasteiger partial charge in [0.25, 0.3) is 0 Å². The SMILES string of the molecule is COc1ccc(OC(C)C)c(NC(=O)Cc2csc(COc3ccc(C)cc3)n2)c1. The number of nitrogens with zero attached hydrogens (tertiary/aromatic N) is 1. The topological polar surface area (TPSA) is 69.7 Å². The Hall–Kier alpha value is -3.06. The first-order valence-corrected chi connectivity index (χ1v) is 10.6. The highest BCUT2D eigenvalue weighted by Gasteiger charge is 2.13. The summed E-state index contributed by atoms with van der Waals surface area (Å²) in [5.41, 5.74) is 2.46. The lowest BCUT2D eigenvalue weighted by Gasteiger charge is -2.15. The van der Waals surface area contributed by atoms with Crippen LogP contribution >= 0.6 is 11.3 Å². The minimum Gasteiger partial charge on any atom is -0.497 e. The van der Waals surface area contributed by atoms with Crippen LogP contribution in [0.25, 0.3) is 0 Å². The number of carbonyl (C=O) groups is 1. The highest BCUT2D eigenvalue weighted by molar-refractivity contribution is 7.09. The molecule has 158 valence electrons. The zero-order valence-corrected chi connectivity index (χ0v) is 18.4. The second-order valence-electron chi connectivity index (χ2n) is 7.09. The Balaban J connectivity index is 1.59. The van der Waals surface area contributed by atoms with Crippen LogP contribution in [-0.2, 0) is 17.8 Å². The van der Waals surface area contributed by atoms with Gasteiger partial charge in [0.05, 0.1) is 31.0 Å². The normalized spacial score (nSPS) is 10.7. The maximum Gasteiger partial charge on any atom is 0.230 e. The van der Waals surface area contributed by atoms with Crippen LogP contribution in [0.5, 0.6) is 17.2 Å². The van der Waals surface area contributed by atoms with Crippen molar-refractivity contribution in [1.29, 1.82) is 0 Å². The smallest absolute Gasteiger partial charge is 0.230 e. The van der Waals surface area contributed by atoms with Crippen molar-refractivity contribution in [1.82, 2.24) is 4.98 Å². The van der Waals surface area contributed by atoms with E-state index in [1.807, 2.05) is 50.4 Å². The Labute approximate surface area is 180 Å². The molecule has 7 heteroatoms. The molecule has 2 aromatic carbocycles. The number of thiazole rings is 1. The molecule has 0 saturated carbocycles. The predicted molar refractivity (Wildman–Crippen MR) is 119 cm³/mol. The summed E-state index contributed by atoms with van der Waals surface area (Å²) < 4.78 is 16.8. The van der Waals surface area contributed by atoms with Crippen molar-refractivity contribution >= 4 is 22.9 Å². The van der Waals surface area contributed by atoms with Gasteiger partial charge in [-0.05, 0) is 45.0 Å². The molecule has 0 aliphatic carbocycles. The van der Waals surface area contributed by atoms with E-state index in [9.17, 15) is 4.79 Å². The maximum atomic E-state index is 12.6. The Morgan fingerprint density at radius 1 is 1.13 bits per heavy atom. The van der Waals surface area contributed by atoms with Crippen LogP contribution in [0.15, 0.2) is 47.8 Å². The Bertz CT molecular complexity index is 983. The molecule has 3 aromatic rings. The molecule has 3 rings (SSSR count). The molecule has 0 aliphatic rings. The van der Waals surface area contributed by atoms with Gasteiger partial charge in [0.1, 0.15) is 28.9 Å². The van der Waals surface area contributed by atoms with Gasteiger partial charge in [-0.25, -0.2) is 4.98 Å². The number of hydrogen-bond donors (Lipinski definition) is 1. The Morgan fingerprint density at radius 2 is 1.87 bits per heavy atom. The molecular formula is C23H26N2O4S. The fourth-order valence-corrected chi connectivity index (χ4v) is 3.43. The summed E-state index contributed by atoms with van der Waals surface area (Å²) in [6.07, 6.45) is 0.156. The first-order chi connectivity index (χ1) is 14.4. The van der Waals surface area contributed by atoms with Crippen molar-refractivity contribution in [2.75, 3.05) is 12.4 Å². The largest absolute Gasteiger partial charge is 0.497 e. The third kappa shape index (κ3) is 6.22. The van der Waals surface area contributed by atoms with Crippen LogP contribution < -0.4 is 19.5 Å². The molecule has 1 heterocycles. The molecule has 0 saturated heterocycles. The minimum absolute atomic E-state index is 0.0105. The van der Waals surface area contributed by atoms with Crippen molar-refractivity contribution in [3.8, 4) is 17.2 Å². The number of hydrogen-bond acceptors (Lipinski definition) is 6. The van der Waals surface area contributed by atoms with Crippen LogP contribution in [0.1, 0.15) is 30.1 Å². The van der Waals surface area contributed by atoms with E-state index in [2.05, 4.69) is 10.3 Å². The molecule has 1 aromatic heterocycles. The van der Waals surface area contributed by atoms with Crippen LogP contribution in [0, 0.1) is 6.92 Å². The van der Waals surface area contributed by atoms with E-state index in [-0.39, 0.29) is 18.4 Å². The van der Waals surface area contributed by atoms with E-state index in [1.165, 1.54) is 16.9 Å². The monoisotopic (exact) mass is 426 g/mol. The highest BCUT2D eigenvalue weighted by atomic mass is 32.1. The maximum absolute atomic E-state index is 12.6. The second kappa shape index (κ2) is 10.1. The number of anilines is 1. The van der Waals surface area contributed by atoms with E-state index >= 15 is 0 Å². The lowest BCUT2D eigenvalue weighted by Crippen LogP contribution is -2.16. The van der Waals surface area contributed by atoms with Gasteiger partial charge in [0, 0.05) is 11.4 Å². The quantitative estimate of drug-likeness (QED) is 0.521. The number of ether oxygens (including phenoxy) is 3. The molecule has 0 bridgehead atoms. The van der Waals surface area contributed by atoms with Crippen molar-refractivity contribution in [3.63, 3.8) is 0 Å². The fraction of sp³-hybridized carbons (Fsp3) is 0.304. The number of aromatic nitrogens is 1. The number of amides is 1. The van der Waals surface area contributed by atoms with E-state index in [4.69, 9.17) is 14.2 Å². The van der Waals surface area contributed by atoms with Crippen LogP contribution in [-0.4, -0.2) is 24.1 Å². The van der Waals surface area contributed by atoms with Crippen LogP contribution in [0.4, 0.5) is 5.69 Å².